The molecule has 11 rings (SSSR count). The number of benzene rings is 9. The predicted octanol–water partition coefficient (Wildman–Crippen LogP) is 14.6. The molecule has 3 nitrogen and oxygen atoms in total. The summed E-state index contributed by atoms with van der Waals surface area (Å²) < 4.78 is 13.9. The fourth-order valence-electron chi connectivity index (χ4n) is 8.15. The van der Waals surface area contributed by atoms with E-state index in [-0.39, 0.29) is 0 Å². The van der Waals surface area contributed by atoms with Crippen LogP contribution >= 0.6 is 0 Å². The SMILES string of the molecule is c1ccc(-c2ccc3c(c2)oc2c(N(c4cc5ccccc5c5ccccc45)c4cccc5c4oc4cc(-c6ccccc6)ccc45)cccc23)cc1. The maximum atomic E-state index is 6.93. The summed E-state index contributed by atoms with van der Waals surface area (Å²) in [7, 11) is 0. The zero-order chi connectivity index (χ0) is 34.9. The Labute approximate surface area is 305 Å². The van der Waals surface area contributed by atoms with Crippen LogP contribution in [0.3, 0.4) is 0 Å². The van der Waals surface area contributed by atoms with Crippen molar-refractivity contribution in [2.24, 2.45) is 0 Å². The Hall–Kier alpha value is -7.10. The molecule has 53 heavy (non-hydrogen) atoms. The average Bonchev–Trinajstić information content (AvgIpc) is 3.80. The molecule has 3 heteroatoms. The molecule has 248 valence electrons. The van der Waals surface area contributed by atoms with Gasteiger partial charge in [-0.05, 0) is 80.9 Å². The Balaban J connectivity index is 1.21. The molecule has 0 aliphatic heterocycles. The van der Waals surface area contributed by atoms with Crippen molar-refractivity contribution in [1.82, 2.24) is 0 Å². The third-order valence-electron chi connectivity index (χ3n) is 10.6. The number of anilines is 3. The number of hydrogen-bond donors (Lipinski definition) is 0. The van der Waals surface area contributed by atoms with Gasteiger partial charge < -0.3 is 13.7 Å². The lowest BCUT2D eigenvalue weighted by atomic mass is 9.98. The van der Waals surface area contributed by atoms with Crippen molar-refractivity contribution in [3.05, 3.63) is 188 Å². The van der Waals surface area contributed by atoms with Gasteiger partial charge in [0.2, 0.25) is 0 Å². The van der Waals surface area contributed by atoms with Gasteiger partial charge in [0.1, 0.15) is 11.2 Å². The van der Waals surface area contributed by atoms with E-state index in [9.17, 15) is 0 Å². The minimum atomic E-state index is 0.824. The lowest BCUT2D eigenvalue weighted by Gasteiger charge is -2.27. The van der Waals surface area contributed by atoms with Crippen molar-refractivity contribution in [3.8, 4) is 22.3 Å². The summed E-state index contributed by atoms with van der Waals surface area (Å²) in [6, 6.07) is 66.6. The van der Waals surface area contributed by atoms with Gasteiger partial charge in [0.05, 0.1) is 17.1 Å². The number of hydrogen-bond acceptors (Lipinski definition) is 3. The fourth-order valence-corrected chi connectivity index (χ4v) is 8.15. The van der Waals surface area contributed by atoms with Crippen LogP contribution in [0.4, 0.5) is 17.1 Å². The molecule has 9 aromatic carbocycles. The van der Waals surface area contributed by atoms with Gasteiger partial charge >= 0.3 is 0 Å². The molecule has 2 heterocycles. The molecule has 0 spiro atoms. The maximum absolute atomic E-state index is 6.93. The Bertz CT molecular complexity index is 3020. The van der Waals surface area contributed by atoms with Gasteiger partial charge in [-0.15, -0.1) is 0 Å². The lowest BCUT2D eigenvalue weighted by Crippen LogP contribution is -2.11. The van der Waals surface area contributed by atoms with Crippen molar-refractivity contribution in [3.63, 3.8) is 0 Å². The number of fused-ring (bicyclic) bond motifs is 9. The van der Waals surface area contributed by atoms with Crippen molar-refractivity contribution >= 4 is 82.5 Å². The van der Waals surface area contributed by atoms with E-state index in [1.807, 2.05) is 12.1 Å². The zero-order valence-corrected chi connectivity index (χ0v) is 28.7. The van der Waals surface area contributed by atoms with Crippen molar-refractivity contribution in [1.29, 1.82) is 0 Å². The van der Waals surface area contributed by atoms with Crippen molar-refractivity contribution < 1.29 is 8.83 Å². The molecule has 0 unspecified atom stereocenters. The van der Waals surface area contributed by atoms with Crippen LogP contribution in [0.15, 0.2) is 197 Å². The smallest absolute Gasteiger partial charge is 0.159 e. The fraction of sp³-hybridized carbons (Fsp3) is 0. The molecule has 0 bridgehead atoms. The standard InChI is InChI=1S/C50H31NO2/c1-3-13-32(14-4-1)34-25-27-40-42-21-11-23-44(49(42)52-47(40)30-34)51(46-29-36-17-7-8-18-37(36)38-19-9-10-20-39(38)46)45-24-12-22-43-41-28-26-35(31-48(41)53-50(43)45)33-15-5-2-6-16-33/h1-31H. The first-order valence-corrected chi connectivity index (χ1v) is 18.0. The van der Waals surface area contributed by atoms with Crippen LogP contribution < -0.4 is 4.90 Å². The minimum Gasteiger partial charge on any atom is -0.454 e. The summed E-state index contributed by atoms with van der Waals surface area (Å²) in [6.45, 7) is 0. The highest BCUT2D eigenvalue weighted by atomic mass is 16.3. The highest BCUT2D eigenvalue weighted by Crippen LogP contribution is 2.49. The summed E-state index contributed by atoms with van der Waals surface area (Å²) in [5.74, 6) is 0. The predicted molar refractivity (Wildman–Crippen MR) is 222 cm³/mol. The number of para-hydroxylation sites is 2. The highest BCUT2D eigenvalue weighted by molar-refractivity contribution is 6.19. The quantitative estimate of drug-likeness (QED) is 0.170. The minimum absolute atomic E-state index is 0.824. The molecule has 0 N–H and O–H groups in total. The number of rotatable bonds is 5. The molecule has 0 amide bonds. The Morgan fingerprint density at radius 3 is 1.32 bits per heavy atom. The molecule has 0 saturated carbocycles. The van der Waals surface area contributed by atoms with Crippen LogP contribution in [-0.4, -0.2) is 0 Å². The summed E-state index contributed by atoms with van der Waals surface area (Å²) in [4.78, 5) is 2.35. The number of furan rings is 2. The van der Waals surface area contributed by atoms with Crippen LogP contribution in [0, 0.1) is 0 Å². The van der Waals surface area contributed by atoms with Crippen LogP contribution in [0.5, 0.6) is 0 Å². The van der Waals surface area contributed by atoms with Crippen molar-refractivity contribution in [2.45, 2.75) is 0 Å². The van der Waals surface area contributed by atoms with Crippen molar-refractivity contribution in [2.75, 3.05) is 4.90 Å². The van der Waals surface area contributed by atoms with E-state index in [2.05, 4.69) is 181 Å². The van der Waals surface area contributed by atoms with Crippen LogP contribution in [0.2, 0.25) is 0 Å². The summed E-state index contributed by atoms with van der Waals surface area (Å²) in [5.41, 5.74) is 10.9. The first-order chi connectivity index (χ1) is 26.3. The van der Waals surface area contributed by atoms with Gasteiger partial charge in [0.25, 0.3) is 0 Å². The molecule has 11 aromatic rings. The monoisotopic (exact) mass is 677 g/mol. The molecule has 2 aromatic heterocycles. The largest absolute Gasteiger partial charge is 0.454 e. The van der Waals surface area contributed by atoms with Gasteiger partial charge in [-0.1, -0.05) is 146 Å². The van der Waals surface area contributed by atoms with Gasteiger partial charge in [-0.3, -0.25) is 0 Å². The van der Waals surface area contributed by atoms with Crippen LogP contribution in [-0.2, 0) is 0 Å². The van der Waals surface area contributed by atoms with E-state index >= 15 is 0 Å². The second kappa shape index (κ2) is 11.7. The highest BCUT2D eigenvalue weighted by Gasteiger charge is 2.25. The molecular weight excluding hydrogens is 647 g/mol. The van der Waals surface area contributed by atoms with E-state index in [4.69, 9.17) is 8.83 Å². The van der Waals surface area contributed by atoms with Gasteiger partial charge in [0, 0.05) is 26.9 Å². The molecule has 0 aliphatic carbocycles. The molecule has 0 aliphatic rings. The van der Waals surface area contributed by atoms with E-state index in [0.29, 0.717) is 0 Å². The third kappa shape index (κ3) is 4.68. The first kappa shape index (κ1) is 29.6. The lowest BCUT2D eigenvalue weighted by molar-refractivity contribution is 0.666. The first-order valence-electron chi connectivity index (χ1n) is 18.0. The normalized spacial score (nSPS) is 11.8. The molecule has 0 atom stereocenters. The Morgan fingerprint density at radius 1 is 0.283 bits per heavy atom. The molecular formula is C50H31NO2. The van der Waals surface area contributed by atoms with Gasteiger partial charge in [-0.25, -0.2) is 0 Å². The average molecular weight is 678 g/mol. The third-order valence-corrected chi connectivity index (χ3v) is 10.6. The molecule has 0 fully saturated rings. The van der Waals surface area contributed by atoms with Crippen LogP contribution in [0.1, 0.15) is 0 Å². The maximum Gasteiger partial charge on any atom is 0.159 e. The Kier molecular flexibility index (Phi) is 6.55. The number of nitrogens with zero attached hydrogens (tertiary/aromatic N) is 1. The van der Waals surface area contributed by atoms with E-state index in [0.717, 1.165) is 88.6 Å². The molecule has 0 radical (unpaired) electrons. The van der Waals surface area contributed by atoms with E-state index in [1.54, 1.807) is 0 Å². The van der Waals surface area contributed by atoms with E-state index < -0.39 is 0 Å². The topological polar surface area (TPSA) is 29.5 Å². The second-order valence-corrected chi connectivity index (χ2v) is 13.7. The Morgan fingerprint density at radius 2 is 0.755 bits per heavy atom. The van der Waals surface area contributed by atoms with E-state index in [1.165, 1.54) is 16.2 Å². The second-order valence-electron chi connectivity index (χ2n) is 13.7. The van der Waals surface area contributed by atoms with Crippen LogP contribution in [0.25, 0.3) is 87.7 Å². The summed E-state index contributed by atoms with van der Waals surface area (Å²) >= 11 is 0. The molecule has 0 saturated heterocycles. The zero-order valence-electron chi connectivity index (χ0n) is 28.7. The van der Waals surface area contributed by atoms with Gasteiger partial charge in [0.15, 0.2) is 11.2 Å². The van der Waals surface area contributed by atoms with Gasteiger partial charge in [-0.2, -0.15) is 0 Å². The summed E-state index contributed by atoms with van der Waals surface area (Å²) in [6.07, 6.45) is 0. The summed E-state index contributed by atoms with van der Waals surface area (Å²) in [5, 5.41) is 9.02.